The van der Waals surface area contributed by atoms with E-state index in [1.807, 2.05) is 6.07 Å². The summed E-state index contributed by atoms with van der Waals surface area (Å²) < 4.78 is 24.2. The molecular formula is C14H20N2O2S2. The van der Waals surface area contributed by atoms with Gasteiger partial charge < -0.3 is 5.32 Å². The molecule has 0 fully saturated rings. The third kappa shape index (κ3) is 5.53. The maximum Gasteiger partial charge on any atom is 0.179 e. The minimum Gasteiger partial charge on any atom is -0.315 e. The van der Waals surface area contributed by atoms with Crippen molar-refractivity contribution in [3.8, 4) is 6.07 Å². The lowest BCUT2D eigenvalue weighted by atomic mass is 10.2. The fourth-order valence-corrected chi connectivity index (χ4v) is 3.70. The Hall–Kier alpha value is -1.03. The molecule has 1 aromatic carbocycles. The highest BCUT2D eigenvalue weighted by Gasteiger charge is 2.14. The van der Waals surface area contributed by atoms with Crippen LogP contribution in [0.3, 0.4) is 0 Å². The van der Waals surface area contributed by atoms with Gasteiger partial charge in [-0.3, -0.25) is 0 Å². The SMILES string of the molecule is CSCC(C)CNCCS(=O)(=O)c1cccc(C#N)c1. The summed E-state index contributed by atoms with van der Waals surface area (Å²) >= 11 is 1.79. The zero-order valence-corrected chi connectivity index (χ0v) is 13.4. The van der Waals surface area contributed by atoms with E-state index in [2.05, 4.69) is 18.5 Å². The van der Waals surface area contributed by atoms with Crippen LogP contribution in [0.25, 0.3) is 0 Å². The topological polar surface area (TPSA) is 70.0 Å². The van der Waals surface area contributed by atoms with Gasteiger partial charge in [0.15, 0.2) is 9.84 Å². The molecule has 1 N–H and O–H groups in total. The molecule has 0 amide bonds. The second-order valence-corrected chi connectivity index (χ2v) is 7.74. The first-order valence-corrected chi connectivity index (χ1v) is 9.47. The lowest BCUT2D eigenvalue weighted by Gasteiger charge is -2.11. The van der Waals surface area contributed by atoms with Gasteiger partial charge in [-0.2, -0.15) is 17.0 Å². The van der Waals surface area contributed by atoms with Crippen molar-refractivity contribution in [1.29, 1.82) is 5.26 Å². The van der Waals surface area contributed by atoms with E-state index in [0.29, 0.717) is 18.0 Å². The zero-order valence-electron chi connectivity index (χ0n) is 11.8. The van der Waals surface area contributed by atoms with E-state index in [-0.39, 0.29) is 10.6 Å². The van der Waals surface area contributed by atoms with Gasteiger partial charge in [-0.1, -0.05) is 13.0 Å². The van der Waals surface area contributed by atoms with Gasteiger partial charge in [0.25, 0.3) is 0 Å². The monoisotopic (exact) mass is 312 g/mol. The number of nitriles is 1. The summed E-state index contributed by atoms with van der Waals surface area (Å²) in [6.45, 7) is 3.38. The van der Waals surface area contributed by atoms with Gasteiger partial charge in [0.2, 0.25) is 0 Å². The number of nitrogens with one attached hydrogen (secondary N) is 1. The Morgan fingerprint density at radius 2 is 2.20 bits per heavy atom. The molecule has 0 aliphatic heterocycles. The first kappa shape index (κ1) is 17.0. The Morgan fingerprint density at radius 3 is 2.85 bits per heavy atom. The molecule has 1 atom stereocenters. The number of benzene rings is 1. The number of rotatable bonds is 8. The molecule has 0 saturated heterocycles. The number of hydrogen-bond acceptors (Lipinski definition) is 5. The van der Waals surface area contributed by atoms with Gasteiger partial charge in [0.05, 0.1) is 22.3 Å². The molecule has 4 nitrogen and oxygen atoms in total. The minimum absolute atomic E-state index is 0.0495. The van der Waals surface area contributed by atoms with E-state index in [0.717, 1.165) is 12.3 Å². The van der Waals surface area contributed by atoms with Crippen molar-refractivity contribution in [2.45, 2.75) is 11.8 Å². The molecule has 110 valence electrons. The molecule has 0 aliphatic rings. The third-order valence-electron chi connectivity index (χ3n) is 2.81. The van der Waals surface area contributed by atoms with Crippen molar-refractivity contribution in [3.05, 3.63) is 29.8 Å². The number of hydrogen-bond donors (Lipinski definition) is 1. The van der Waals surface area contributed by atoms with Crippen LogP contribution in [0.1, 0.15) is 12.5 Å². The molecule has 1 rings (SSSR count). The lowest BCUT2D eigenvalue weighted by molar-refractivity contribution is 0.562. The molecule has 6 heteroatoms. The summed E-state index contributed by atoms with van der Waals surface area (Å²) in [5.74, 6) is 1.63. The molecule has 0 spiro atoms. The van der Waals surface area contributed by atoms with E-state index in [4.69, 9.17) is 5.26 Å². The number of sulfone groups is 1. The average molecular weight is 312 g/mol. The normalized spacial score (nSPS) is 12.8. The maximum absolute atomic E-state index is 12.1. The molecule has 20 heavy (non-hydrogen) atoms. The first-order chi connectivity index (χ1) is 9.49. The second-order valence-electron chi connectivity index (χ2n) is 4.72. The van der Waals surface area contributed by atoms with Crippen LogP contribution in [0.5, 0.6) is 0 Å². The Labute approximate surface area is 125 Å². The van der Waals surface area contributed by atoms with E-state index >= 15 is 0 Å². The van der Waals surface area contributed by atoms with Gasteiger partial charge >= 0.3 is 0 Å². The number of thioether (sulfide) groups is 1. The van der Waals surface area contributed by atoms with Crippen molar-refractivity contribution in [3.63, 3.8) is 0 Å². The average Bonchev–Trinajstić information content (AvgIpc) is 2.44. The van der Waals surface area contributed by atoms with Crippen molar-refractivity contribution in [2.24, 2.45) is 5.92 Å². The summed E-state index contributed by atoms with van der Waals surface area (Å²) in [5, 5.41) is 12.0. The molecule has 1 aromatic rings. The summed E-state index contributed by atoms with van der Waals surface area (Å²) in [6, 6.07) is 8.11. The Morgan fingerprint density at radius 1 is 1.45 bits per heavy atom. The van der Waals surface area contributed by atoms with Crippen LogP contribution in [0.15, 0.2) is 29.2 Å². The van der Waals surface area contributed by atoms with Crippen LogP contribution in [0.4, 0.5) is 0 Å². The van der Waals surface area contributed by atoms with Gasteiger partial charge in [0.1, 0.15) is 0 Å². The van der Waals surface area contributed by atoms with Crippen LogP contribution in [-0.2, 0) is 9.84 Å². The second kappa shape index (κ2) is 8.30. The fourth-order valence-electron chi connectivity index (χ4n) is 1.78. The molecule has 0 aliphatic carbocycles. The largest absolute Gasteiger partial charge is 0.315 e. The van der Waals surface area contributed by atoms with E-state index in [1.165, 1.54) is 12.1 Å². The van der Waals surface area contributed by atoms with Crippen molar-refractivity contribution in [1.82, 2.24) is 5.32 Å². The predicted octanol–water partition coefficient (Wildman–Crippen LogP) is 1.92. The van der Waals surface area contributed by atoms with Crippen LogP contribution < -0.4 is 5.32 Å². The first-order valence-electron chi connectivity index (χ1n) is 6.42. The van der Waals surface area contributed by atoms with E-state index in [9.17, 15) is 8.42 Å². The standard InChI is InChI=1S/C14H20N2O2S2/c1-12(11-19-2)10-16-6-7-20(17,18)14-5-3-4-13(8-14)9-15/h3-5,8,12,16H,6-7,10-11H2,1-2H3. The van der Waals surface area contributed by atoms with Crippen LogP contribution in [-0.4, -0.2) is 39.3 Å². The van der Waals surface area contributed by atoms with Gasteiger partial charge in [-0.15, -0.1) is 0 Å². The van der Waals surface area contributed by atoms with E-state index < -0.39 is 9.84 Å². The molecular weight excluding hydrogens is 292 g/mol. The lowest BCUT2D eigenvalue weighted by Crippen LogP contribution is -2.28. The van der Waals surface area contributed by atoms with Crippen LogP contribution in [0, 0.1) is 17.2 Å². The molecule has 0 saturated carbocycles. The highest BCUT2D eigenvalue weighted by molar-refractivity contribution is 7.98. The molecule has 0 radical (unpaired) electrons. The Kier molecular flexibility index (Phi) is 7.06. The van der Waals surface area contributed by atoms with Crippen LogP contribution >= 0.6 is 11.8 Å². The number of nitrogens with zero attached hydrogens (tertiary/aromatic N) is 1. The molecule has 1 unspecified atom stereocenters. The minimum atomic E-state index is -3.32. The summed E-state index contributed by atoms with van der Waals surface area (Å²) in [5.41, 5.74) is 0.368. The van der Waals surface area contributed by atoms with Gasteiger partial charge in [0, 0.05) is 6.54 Å². The molecule has 0 heterocycles. The Balaban J connectivity index is 2.52. The summed E-state index contributed by atoms with van der Waals surface area (Å²) in [7, 11) is -3.32. The quantitative estimate of drug-likeness (QED) is 0.743. The highest BCUT2D eigenvalue weighted by Crippen LogP contribution is 2.12. The fraction of sp³-hybridized carbons (Fsp3) is 0.500. The van der Waals surface area contributed by atoms with Gasteiger partial charge in [-0.05, 0) is 42.7 Å². The van der Waals surface area contributed by atoms with Crippen molar-refractivity contribution >= 4 is 21.6 Å². The van der Waals surface area contributed by atoms with Crippen molar-refractivity contribution < 1.29 is 8.42 Å². The zero-order chi connectivity index (χ0) is 15.0. The maximum atomic E-state index is 12.1. The highest BCUT2D eigenvalue weighted by atomic mass is 32.2. The molecule has 0 bridgehead atoms. The summed E-state index contributed by atoms with van der Waals surface area (Å²) in [6.07, 6.45) is 2.06. The predicted molar refractivity (Wildman–Crippen MR) is 83.6 cm³/mol. The van der Waals surface area contributed by atoms with Crippen LogP contribution in [0.2, 0.25) is 0 Å². The molecule has 0 aromatic heterocycles. The van der Waals surface area contributed by atoms with E-state index in [1.54, 1.807) is 23.9 Å². The van der Waals surface area contributed by atoms with Crippen molar-refractivity contribution in [2.75, 3.05) is 30.9 Å². The van der Waals surface area contributed by atoms with Gasteiger partial charge in [-0.25, -0.2) is 8.42 Å². The smallest absolute Gasteiger partial charge is 0.179 e. The Bertz CT molecular complexity index is 565. The third-order valence-corrected chi connectivity index (χ3v) is 5.43. The summed E-state index contributed by atoms with van der Waals surface area (Å²) in [4.78, 5) is 0.218.